The van der Waals surface area contributed by atoms with Crippen molar-refractivity contribution in [3.8, 4) is 0 Å². The molecule has 0 bridgehead atoms. The van der Waals surface area contributed by atoms with E-state index in [9.17, 15) is 9.59 Å². The van der Waals surface area contributed by atoms with E-state index >= 15 is 0 Å². The van der Waals surface area contributed by atoms with Crippen molar-refractivity contribution in [2.75, 3.05) is 0 Å². The molecule has 0 aromatic heterocycles. The summed E-state index contributed by atoms with van der Waals surface area (Å²) in [6, 6.07) is -0.798. The van der Waals surface area contributed by atoms with Crippen LogP contribution in [0.3, 0.4) is 0 Å². The monoisotopic (exact) mass is 200 g/mol. The van der Waals surface area contributed by atoms with Gasteiger partial charge in [-0.05, 0) is 19.3 Å². The maximum atomic E-state index is 11.4. The minimum atomic E-state index is -0.996. The van der Waals surface area contributed by atoms with Gasteiger partial charge in [-0.1, -0.05) is 13.3 Å². The van der Waals surface area contributed by atoms with Crippen molar-refractivity contribution in [2.24, 2.45) is 5.73 Å². The van der Waals surface area contributed by atoms with Gasteiger partial charge in [0.2, 0.25) is 5.91 Å². The smallest absolute Gasteiger partial charge is 0.326 e. The molecule has 4 N–H and O–H groups in total. The van der Waals surface area contributed by atoms with E-state index in [1.807, 2.05) is 6.92 Å². The maximum absolute atomic E-state index is 11.4. The fourth-order valence-electron chi connectivity index (χ4n) is 1.21. The molecule has 1 atom stereocenters. The summed E-state index contributed by atoms with van der Waals surface area (Å²) in [5.74, 6) is -1.33. The highest BCUT2D eigenvalue weighted by Crippen LogP contribution is 2.32. The number of carbonyl (C=O) groups excluding carboxylic acids is 1. The molecule has 1 aliphatic carbocycles. The zero-order chi connectivity index (χ0) is 10.8. The third-order valence-electron chi connectivity index (χ3n) is 2.42. The molecule has 80 valence electrons. The second-order valence-corrected chi connectivity index (χ2v) is 3.81. The normalized spacial score (nSPS) is 19.9. The molecule has 5 nitrogen and oxygen atoms in total. The SMILES string of the molecule is CCC[C@H](NC(=O)C1(N)CC1)C(=O)O. The quantitative estimate of drug-likeness (QED) is 0.575. The van der Waals surface area contributed by atoms with Crippen molar-refractivity contribution in [2.45, 2.75) is 44.2 Å². The topological polar surface area (TPSA) is 92.4 Å². The van der Waals surface area contributed by atoms with Crippen molar-refractivity contribution < 1.29 is 14.7 Å². The van der Waals surface area contributed by atoms with Crippen molar-refractivity contribution >= 4 is 11.9 Å². The molecular formula is C9H16N2O3. The maximum Gasteiger partial charge on any atom is 0.326 e. The van der Waals surface area contributed by atoms with Crippen molar-refractivity contribution in [3.05, 3.63) is 0 Å². The van der Waals surface area contributed by atoms with Gasteiger partial charge in [-0.3, -0.25) is 4.79 Å². The number of nitrogens with two attached hydrogens (primary N) is 1. The second kappa shape index (κ2) is 3.96. The van der Waals surface area contributed by atoms with Gasteiger partial charge in [0.25, 0.3) is 0 Å². The molecule has 0 aromatic rings. The summed E-state index contributed by atoms with van der Waals surface area (Å²) in [5, 5.41) is 11.2. The Hall–Kier alpha value is -1.10. The molecule has 5 heteroatoms. The van der Waals surface area contributed by atoms with E-state index < -0.39 is 17.6 Å². The summed E-state index contributed by atoms with van der Waals surface area (Å²) in [6.45, 7) is 1.87. The van der Waals surface area contributed by atoms with Crippen LogP contribution in [-0.2, 0) is 9.59 Å². The molecular weight excluding hydrogens is 184 g/mol. The van der Waals surface area contributed by atoms with E-state index in [4.69, 9.17) is 10.8 Å². The predicted octanol–water partition coefficient (Wildman–Crippen LogP) is -0.153. The Morgan fingerprint density at radius 3 is 2.50 bits per heavy atom. The summed E-state index contributed by atoms with van der Waals surface area (Å²) in [7, 11) is 0. The van der Waals surface area contributed by atoms with Crippen LogP contribution in [0, 0.1) is 0 Å². The molecule has 0 heterocycles. The van der Waals surface area contributed by atoms with E-state index in [1.165, 1.54) is 0 Å². The zero-order valence-electron chi connectivity index (χ0n) is 8.25. The van der Waals surface area contributed by atoms with Crippen LogP contribution in [0.25, 0.3) is 0 Å². The number of carbonyl (C=O) groups is 2. The summed E-state index contributed by atoms with van der Waals surface area (Å²) >= 11 is 0. The second-order valence-electron chi connectivity index (χ2n) is 3.81. The van der Waals surface area contributed by atoms with E-state index in [1.54, 1.807) is 0 Å². The van der Waals surface area contributed by atoms with Gasteiger partial charge in [0.15, 0.2) is 0 Å². The van der Waals surface area contributed by atoms with Gasteiger partial charge < -0.3 is 16.2 Å². The number of carboxylic acid groups (broad SMARTS) is 1. The highest BCUT2D eigenvalue weighted by molar-refractivity contribution is 5.92. The van der Waals surface area contributed by atoms with Crippen LogP contribution in [0.2, 0.25) is 0 Å². The lowest BCUT2D eigenvalue weighted by Crippen LogP contribution is -2.49. The first kappa shape index (κ1) is 11.0. The van der Waals surface area contributed by atoms with Gasteiger partial charge in [0.1, 0.15) is 6.04 Å². The lowest BCUT2D eigenvalue weighted by atomic mass is 10.1. The molecule has 0 unspecified atom stereocenters. The summed E-state index contributed by atoms with van der Waals surface area (Å²) in [5.41, 5.74) is 4.84. The average Bonchev–Trinajstić information content (AvgIpc) is 2.84. The fourth-order valence-corrected chi connectivity index (χ4v) is 1.21. The highest BCUT2D eigenvalue weighted by atomic mass is 16.4. The van der Waals surface area contributed by atoms with Gasteiger partial charge >= 0.3 is 5.97 Å². The molecule has 1 saturated carbocycles. The molecule has 0 radical (unpaired) electrons. The molecule has 0 aromatic carbocycles. The van der Waals surface area contributed by atoms with Crippen LogP contribution < -0.4 is 11.1 Å². The zero-order valence-corrected chi connectivity index (χ0v) is 8.25. The molecule has 1 aliphatic rings. The Kier molecular flexibility index (Phi) is 3.10. The van der Waals surface area contributed by atoms with Crippen LogP contribution in [0.5, 0.6) is 0 Å². The molecule has 1 amide bonds. The lowest BCUT2D eigenvalue weighted by Gasteiger charge is -2.16. The van der Waals surface area contributed by atoms with Gasteiger partial charge in [-0.2, -0.15) is 0 Å². The number of aliphatic carboxylic acids is 1. The Labute approximate surface area is 82.7 Å². The molecule has 1 fully saturated rings. The van der Waals surface area contributed by atoms with Crippen molar-refractivity contribution in [3.63, 3.8) is 0 Å². The number of rotatable bonds is 5. The Morgan fingerprint density at radius 1 is 1.57 bits per heavy atom. The van der Waals surface area contributed by atoms with Crippen molar-refractivity contribution in [1.82, 2.24) is 5.32 Å². The van der Waals surface area contributed by atoms with Gasteiger partial charge in [-0.15, -0.1) is 0 Å². The summed E-state index contributed by atoms with van der Waals surface area (Å²) in [4.78, 5) is 22.1. The summed E-state index contributed by atoms with van der Waals surface area (Å²) < 4.78 is 0. The number of carboxylic acids is 1. The fraction of sp³-hybridized carbons (Fsp3) is 0.778. The average molecular weight is 200 g/mol. The van der Waals surface area contributed by atoms with Crippen LogP contribution >= 0.6 is 0 Å². The van der Waals surface area contributed by atoms with Crippen molar-refractivity contribution in [1.29, 1.82) is 0 Å². The van der Waals surface area contributed by atoms with Crippen LogP contribution in [0.4, 0.5) is 0 Å². The number of hydrogen-bond acceptors (Lipinski definition) is 3. The first-order valence-electron chi connectivity index (χ1n) is 4.82. The Bertz CT molecular complexity index is 248. The standard InChI is InChI=1S/C9H16N2O3/c1-2-3-6(7(12)13)11-8(14)9(10)4-5-9/h6H,2-5,10H2,1H3,(H,11,14)(H,12,13)/t6-/m0/s1. The lowest BCUT2D eigenvalue weighted by molar-refractivity contribution is -0.142. The van der Waals surface area contributed by atoms with E-state index in [0.29, 0.717) is 19.3 Å². The number of hydrogen-bond donors (Lipinski definition) is 3. The first-order chi connectivity index (χ1) is 6.49. The highest BCUT2D eigenvalue weighted by Gasteiger charge is 2.46. The van der Waals surface area contributed by atoms with Crippen LogP contribution in [0.15, 0.2) is 0 Å². The third-order valence-corrected chi connectivity index (χ3v) is 2.42. The Balaban J connectivity index is 2.46. The summed E-state index contributed by atoms with van der Waals surface area (Å²) in [6.07, 6.45) is 2.46. The first-order valence-corrected chi connectivity index (χ1v) is 4.82. The van der Waals surface area contributed by atoms with E-state index in [0.717, 1.165) is 6.42 Å². The predicted molar refractivity (Wildman–Crippen MR) is 50.6 cm³/mol. The van der Waals surface area contributed by atoms with Gasteiger partial charge in [-0.25, -0.2) is 4.79 Å². The van der Waals surface area contributed by atoms with Gasteiger partial charge in [0, 0.05) is 0 Å². The Morgan fingerprint density at radius 2 is 2.14 bits per heavy atom. The minimum Gasteiger partial charge on any atom is -0.480 e. The minimum absolute atomic E-state index is 0.335. The van der Waals surface area contributed by atoms with Crippen LogP contribution in [-0.4, -0.2) is 28.6 Å². The van der Waals surface area contributed by atoms with Crippen LogP contribution in [0.1, 0.15) is 32.6 Å². The third kappa shape index (κ3) is 2.45. The molecule has 0 saturated heterocycles. The number of amides is 1. The molecule has 0 spiro atoms. The largest absolute Gasteiger partial charge is 0.480 e. The molecule has 0 aliphatic heterocycles. The molecule has 14 heavy (non-hydrogen) atoms. The number of nitrogens with one attached hydrogen (secondary N) is 1. The van der Waals surface area contributed by atoms with E-state index in [-0.39, 0.29) is 5.91 Å². The molecule has 1 rings (SSSR count). The van der Waals surface area contributed by atoms with E-state index in [2.05, 4.69) is 5.32 Å². The van der Waals surface area contributed by atoms with Gasteiger partial charge in [0.05, 0.1) is 5.54 Å².